The van der Waals surface area contributed by atoms with Crippen molar-refractivity contribution in [2.45, 2.75) is 26.7 Å². The first-order chi connectivity index (χ1) is 14.9. The van der Waals surface area contributed by atoms with Gasteiger partial charge in [0.2, 0.25) is 0 Å². The summed E-state index contributed by atoms with van der Waals surface area (Å²) in [4.78, 5) is 24.8. The van der Waals surface area contributed by atoms with E-state index in [9.17, 15) is 9.18 Å². The summed E-state index contributed by atoms with van der Waals surface area (Å²) in [5.74, 6) is -0.109. The molecule has 1 aromatic carbocycles. The van der Waals surface area contributed by atoms with Crippen LogP contribution in [-0.2, 0) is 11.2 Å². The molecule has 1 fully saturated rings. The Bertz CT molecular complexity index is 1150. The first-order valence-corrected chi connectivity index (χ1v) is 11.3. The normalized spacial score (nSPS) is 18.2. The third-order valence-corrected chi connectivity index (χ3v) is 6.90. The van der Waals surface area contributed by atoms with Gasteiger partial charge in [-0.3, -0.25) is 4.79 Å². The molecule has 3 aromatic rings. The molecule has 0 unspecified atom stereocenters. The molecule has 31 heavy (non-hydrogen) atoms. The van der Waals surface area contributed by atoms with Crippen molar-refractivity contribution < 1.29 is 13.9 Å². The van der Waals surface area contributed by atoms with Gasteiger partial charge in [0.1, 0.15) is 10.8 Å². The lowest BCUT2D eigenvalue weighted by Gasteiger charge is -2.29. The quantitative estimate of drug-likeness (QED) is 0.577. The summed E-state index contributed by atoms with van der Waals surface area (Å²) in [6, 6.07) is 8.86. The van der Waals surface area contributed by atoms with E-state index < -0.39 is 0 Å². The number of fused-ring (bicyclic) bond motifs is 1. The number of aromatic nitrogens is 2. The number of thiazole rings is 1. The number of carbonyl (C=O) groups is 1. The molecule has 2 aromatic heterocycles. The molecule has 7 heteroatoms. The highest BCUT2D eigenvalue weighted by atomic mass is 32.1. The predicted octanol–water partition coefficient (Wildman–Crippen LogP) is 5.00. The molecule has 3 heterocycles. The number of nitrogens with zero attached hydrogens (tertiary/aromatic N) is 3. The molecule has 5 nitrogen and oxygen atoms in total. The fourth-order valence-electron chi connectivity index (χ4n) is 4.30. The second kappa shape index (κ2) is 7.80. The topological polar surface area (TPSA) is 55.3 Å². The van der Waals surface area contributed by atoms with Crippen LogP contribution in [0.1, 0.15) is 36.3 Å². The number of ketones is 1. The van der Waals surface area contributed by atoms with E-state index >= 15 is 0 Å². The van der Waals surface area contributed by atoms with E-state index in [1.807, 2.05) is 18.2 Å². The average molecular weight is 438 g/mol. The molecule has 0 bridgehead atoms. The first kappa shape index (κ1) is 20.3. The molecule has 5 rings (SSSR count). The lowest BCUT2D eigenvalue weighted by Crippen LogP contribution is -2.36. The Morgan fingerprint density at radius 3 is 2.74 bits per heavy atom. The molecular weight excluding hydrogens is 413 g/mol. The molecule has 0 saturated carbocycles. The van der Waals surface area contributed by atoms with Crippen molar-refractivity contribution in [1.29, 1.82) is 0 Å². The molecular formula is C24H24FN3O2S. The van der Waals surface area contributed by atoms with Gasteiger partial charge in [-0.2, -0.15) is 0 Å². The van der Waals surface area contributed by atoms with E-state index in [0.29, 0.717) is 19.6 Å². The molecule has 2 aliphatic rings. The van der Waals surface area contributed by atoms with Crippen molar-refractivity contribution in [3.05, 3.63) is 53.6 Å². The lowest BCUT2D eigenvalue weighted by atomic mass is 9.75. The smallest absolute Gasteiger partial charge is 0.165 e. The van der Waals surface area contributed by atoms with Gasteiger partial charge in [-0.25, -0.2) is 14.4 Å². The van der Waals surface area contributed by atoms with Crippen LogP contribution in [0, 0.1) is 11.2 Å². The number of Topliss-reactive ketones (excluding diaryl/α,β-unsaturated/α-hetero) is 1. The fraction of sp³-hybridized carbons (Fsp3) is 0.375. The summed E-state index contributed by atoms with van der Waals surface area (Å²) < 4.78 is 19.8. The number of hydrogen-bond acceptors (Lipinski definition) is 6. The predicted molar refractivity (Wildman–Crippen MR) is 120 cm³/mol. The highest BCUT2D eigenvalue weighted by Gasteiger charge is 2.32. The van der Waals surface area contributed by atoms with Crippen molar-refractivity contribution in [3.63, 3.8) is 0 Å². The number of anilines is 1. The molecule has 1 aliphatic heterocycles. The van der Waals surface area contributed by atoms with Gasteiger partial charge >= 0.3 is 0 Å². The summed E-state index contributed by atoms with van der Waals surface area (Å²) >= 11 is 1.49. The van der Waals surface area contributed by atoms with Crippen LogP contribution in [0.15, 0.2) is 36.5 Å². The Labute approximate surface area is 184 Å². The Morgan fingerprint density at radius 2 is 1.94 bits per heavy atom. The van der Waals surface area contributed by atoms with E-state index in [4.69, 9.17) is 9.72 Å². The van der Waals surface area contributed by atoms with E-state index in [2.05, 4.69) is 23.7 Å². The summed E-state index contributed by atoms with van der Waals surface area (Å²) in [6.07, 6.45) is 3.09. The van der Waals surface area contributed by atoms with Crippen molar-refractivity contribution in [3.8, 4) is 21.1 Å². The van der Waals surface area contributed by atoms with Crippen molar-refractivity contribution in [2.24, 2.45) is 5.41 Å². The largest absolute Gasteiger partial charge is 0.378 e. The minimum Gasteiger partial charge on any atom is -0.378 e. The van der Waals surface area contributed by atoms with Crippen LogP contribution in [0.5, 0.6) is 0 Å². The number of halogens is 1. The van der Waals surface area contributed by atoms with E-state index in [1.54, 1.807) is 18.3 Å². The highest BCUT2D eigenvalue weighted by Crippen LogP contribution is 2.37. The third-order valence-electron chi connectivity index (χ3n) is 5.83. The molecule has 0 atom stereocenters. The maximum atomic E-state index is 14.4. The number of ether oxygens (including phenoxy) is 1. The number of carbonyl (C=O) groups excluding carboxylic acids is 1. The molecule has 0 spiro atoms. The van der Waals surface area contributed by atoms with E-state index in [1.165, 1.54) is 11.3 Å². The number of pyridine rings is 1. The van der Waals surface area contributed by atoms with Gasteiger partial charge in [0.15, 0.2) is 5.78 Å². The van der Waals surface area contributed by atoms with Gasteiger partial charge < -0.3 is 9.64 Å². The standard InChI is InChI=1S/C24H24FN3O2S/c1-24(2)12-20-18(21(29)13-24)3-4-19(27-20)23-26-14-22(31-23)15-9-16(25)11-17(10-15)28-5-7-30-8-6-28/h3-4,9-11,14H,5-8,12-13H2,1-2H3. The second-order valence-electron chi connectivity index (χ2n) is 8.96. The van der Waals surface area contributed by atoms with E-state index in [0.717, 1.165) is 57.6 Å². The minimum absolute atomic E-state index is 0.0821. The zero-order valence-corrected chi connectivity index (χ0v) is 18.5. The Balaban J connectivity index is 1.46. The van der Waals surface area contributed by atoms with Crippen molar-refractivity contribution >= 4 is 22.8 Å². The van der Waals surface area contributed by atoms with Crippen LogP contribution in [0.3, 0.4) is 0 Å². The molecule has 0 N–H and O–H groups in total. The Hall–Kier alpha value is -2.64. The van der Waals surface area contributed by atoms with Crippen molar-refractivity contribution in [1.82, 2.24) is 9.97 Å². The summed E-state index contributed by atoms with van der Waals surface area (Å²) in [5.41, 5.74) is 3.91. The molecule has 0 radical (unpaired) electrons. The maximum Gasteiger partial charge on any atom is 0.165 e. The zero-order valence-electron chi connectivity index (χ0n) is 17.7. The maximum absolute atomic E-state index is 14.4. The number of morpholine rings is 1. The van der Waals surface area contributed by atoms with Gasteiger partial charge in [0, 0.05) is 37.0 Å². The van der Waals surface area contributed by atoms with Gasteiger partial charge in [0.05, 0.1) is 29.5 Å². The van der Waals surface area contributed by atoms with E-state index in [-0.39, 0.29) is 17.0 Å². The number of hydrogen-bond donors (Lipinski definition) is 0. The van der Waals surface area contributed by atoms with Crippen LogP contribution in [0.2, 0.25) is 0 Å². The average Bonchev–Trinajstić information content (AvgIpc) is 3.23. The molecule has 1 aliphatic carbocycles. The molecule has 1 saturated heterocycles. The number of rotatable bonds is 3. The van der Waals surface area contributed by atoms with Crippen LogP contribution >= 0.6 is 11.3 Å². The van der Waals surface area contributed by atoms with Gasteiger partial charge in [-0.05, 0) is 47.7 Å². The molecule has 160 valence electrons. The van der Waals surface area contributed by atoms with Crippen molar-refractivity contribution in [2.75, 3.05) is 31.2 Å². The Kier molecular flexibility index (Phi) is 5.10. The Morgan fingerprint density at radius 1 is 1.13 bits per heavy atom. The first-order valence-electron chi connectivity index (χ1n) is 10.5. The summed E-state index contributed by atoms with van der Waals surface area (Å²) in [5, 5.41) is 0.769. The monoisotopic (exact) mass is 437 g/mol. The highest BCUT2D eigenvalue weighted by molar-refractivity contribution is 7.18. The van der Waals surface area contributed by atoms with Gasteiger partial charge in [-0.15, -0.1) is 11.3 Å². The SMILES string of the molecule is CC1(C)CC(=O)c2ccc(-c3ncc(-c4cc(F)cc(N5CCOCC5)c4)s3)nc2C1. The lowest BCUT2D eigenvalue weighted by molar-refractivity contribution is 0.0910. The van der Waals surface area contributed by atoms with Crippen LogP contribution < -0.4 is 4.90 Å². The van der Waals surface area contributed by atoms with Crippen LogP contribution in [0.25, 0.3) is 21.1 Å². The zero-order chi connectivity index (χ0) is 21.6. The van der Waals surface area contributed by atoms with Crippen LogP contribution in [-0.4, -0.2) is 42.1 Å². The minimum atomic E-state index is -0.262. The third kappa shape index (κ3) is 4.12. The fourth-order valence-corrected chi connectivity index (χ4v) is 5.17. The summed E-state index contributed by atoms with van der Waals surface area (Å²) in [7, 11) is 0. The second-order valence-corrected chi connectivity index (χ2v) is 9.99. The summed E-state index contributed by atoms with van der Waals surface area (Å²) in [6.45, 7) is 7.01. The van der Waals surface area contributed by atoms with Gasteiger partial charge in [-0.1, -0.05) is 13.8 Å². The molecule has 0 amide bonds. The van der Waals surface area contributed by atoms with Gasteiger partial charge in [0.25, 0.3) is 0 Å². The number of benzene rings is 1. The van der Waals surface area contributed by atoms with Crippen LogP contribution in [0.4, 0.5) is 10.1 Å².